The van der Waals surface area contributed by atoms with Crippen molar-refractivity contribution in [3.8, 4) is 5.75 Å². The Bertz CT molecular complexity index is 413. The van der Waals surface area contributed by atoms with Crippen LogP contribution in [0.15, 0.2) is 30.5 Å². The largest absolute Gasteiger partial charge is 0.508 e. The normalized spacial score (nSPS) is 10.6. The Morgan fingerprint density at radius 1 is 1.50 bits per heavy atom. The number of nitrogens with zero attached hydrogens (tertiary/aromatic N) is 1. The number of anilines is 1. The van der Waals surface area contributed by atoms with Crippen LogP contribution in [0.4, 0.5) is 5.69 Å². The van der Waals surface area contributed by atoms with Gasteiger partial charge in [-0.15, -0.1) is 0 Å². The number of carboxylic acids is 1. The first kappa shape index (κ1) is 12.1. The van der Waals surface area contributed by atoms with Gasteiger partial charge in [0.05, 0.1) is 0 Å². The predicted octanol–water partition coefficient (Wildman–Crippen LogP) is 2.13. The Balaban J connectivity index is 3.03. The molecule has 0 saturated carbocycles. The van der Waals surface area contributed by atoms with Crippen LogP contribution in [0.25, 0.3) is 0 Å². The molecule has 16 heavy (non-hydrogen) atoms. The molecule has 86 valence electrons. The van der Waals surface area contributed by atoms with E-state index in [0.29, 0.717) is 6.54 Å². The zero-order valence-electron chi connectivity index (χ0n) is 9.34. The molecule has 0 amide bonds. The van der Waals surface area contributed by atoms with Gasteiger partial charge in [0.1, 0.15) is 5.75 Å². The second-order valence-corrected chi connectivity index (χ2v) is 3.41. The number of carbonyl (C=O) groups is 1. The number of phenols is 1. The van der Waals surface area contributed by atoms with Gasteiger partial charge >= 0.3 is 5.97 Å². The van der Waals surface area contributed by atoms with E-state index in [1.807, 2.05) is 13.8 Å². The van der Waals surface area contributed by atoms with E-state index in [-0.39, 0.29) is 5.75 Å². The van der Waals surface area contributed by atoms with Crippen LogP contribution < -0.4 is 4.90 Å². The third kappa shape index (κ3) is 3.02. The lowest BCUT2D eigenvalue weighted by Gasteiger charge is -2.20. The predicted molar refractivity (Wildman–Crippen MR) is 62.6 cm³/mol. The molecule has 0 heterocycles. The third-order valence-corrected chi connectivity index (χ3v) is 2.24. The van der Waals surface area contributed by atoms with Gasteiger partial charge in [-0.3, -0.25) is 0 Å². The molecular weight excluding hydrogens is 206 g/mol. The molecule has 0 fully saturated rings. The molecular formula is C12H15NO3. The monoisotopic (exact) mass is 221 g/mol. The highest BCUT2D eigenvalue weighted by Gasteiger charge is 2.05. The van der Waals surface area contributed by atoms with Gasteiger partial charge < -0.3 is 15.1 Å². The van der Waals surface area contributed by atoms with E-state index in [0.717, 1.165) is 17.3 Å². The Morgan fingerprint density at radius 2 is 2.19 bits per heavy atom. The van der Waals surface area contributed by atoms with Gasteiger partial charge in [0.2, 0.25) is 0 Å². The zero-order valence-corrected chi connectivity index (χ0v) is 9.34. The molecule has 0 spiro atoms. The first-order valence-corrected chi connectivity index (χ1v) is 5.02. The highest BCUT2D eigenvalue weighted by atomic mass is 16.4. The number of aryl methyl sites for hydroxylation is 1. The van der Waals surface area contributed by atoms with Crippen LogP contribution in [0.1, 0.15) is 12.5 Å². The Hall–Kier alpha value is -1.97. The lowest BCUT2D eigenvalue weighted by molar-refractivity contribution is -0.131. The summed E-state index contributed by atoms with van der Waals surface area (Å²) in [6, 6.07) is 5.01. The van der Waals surface area contributed by atoms with Crippen LogP contribution in [-0.4, -0.2) is 22.7 Å². The minimum Gasteiger partial charge on any atom is -0.508 e. The molecule has 2 N–H and O–H groups in total. The number of carboxylic acid groups (broad SMARTS) is 1. The van der Waals surface area contributed by atoms with E-state index < -0.39 is 5.97 Å². The van der Waals surface area contributed by atoms with E-state index in [1.54, 1.807) is 23.1 Å². The van der Waals surface area contributed by atoms with Crippen molar-refractivity contribution >= 4 is 11.7 Å². The standard InChI is InChI=1S/C12H15NO3/c1-3-13(7-6-12(15)16)11-8-10(14)5-4-9(11)2/h4-8,14H,3H2,1-2H3,(H,15,16)/b7-6+. The van der Waals surface area contributed by atoms with Gasteiger partial charge in [-0.05, 0) is 25.5 Å². The summed E-state index contributed by atoms with van der Waals surface area (Å²) in [5.41, 5.74) is 1.79. The van der Waals surface area contributed by atoms with Crippen molar-refractivity contribution in [3.05, 3.63) is 36.0 Å². The van der Waals surface area contributed by atoms with Gasteiger partial charge in [0.25, 0.3) is 0 Å². The molecule has 1 aromatic carbocycles. The molecule has 1 rings (SSSR count). The van der Waals surface area contributed by atoms with Crippen molar-refractivity contribution in [1.82, 2.24) is 0 Å². The van der Waals surface area contributed by atoms with E-state index in [2.05, 4.69) is 0 Å². The van der Waals surface area contributed by atoms with Gasteiger partial charge in [-0.25, -0.2) is 4.79 Å². The summed E-state index contributed by atoms with van der Waals surface area (Å²) in [5.74, 6) is -0.820. The fourth-order valence-corrected chi connectivity index (χ4v) is 1.42. The summed E-state index contributed by atoms with van der Waals surface area (Å²) in [6.07, 6.45) is 2.57. The molecule has 0 bridgehead atoms. The van der Waals surface area contributed by atoms with Crippen LogP contribution in [0, 0.1) is 6.92 Å². The van der Waals surface area contributed by atoms with E-state index in [1.165, 1.54) is 6.20 Å². The number of aromatic hydroxyl groups is 1. The molecule has 0 atom stereocenters. The van der Waals surface area contributed by atoms with Crippen LogP contribution in [-0.2, 0) is 4.79 Å². The Kier molecular flexibility index (Phi) is 3.94. The van der Waals surface area contributed by atoms with Crippen LogP contribution in [0.3, 0.4) is 0 Å². The van der Waals surface area contributed by atoms with Gasteiger partial charge in [0, 0.05) is 30.6 Å². The van der Waals surface area contributed by atoms with Crippen LogP contribution in [0.2, 0.25) is 0 Å². The fourth-order valence-electron chi connectivity index (χ4n) is 1.42. The average Bonchev–Trinajstić information content (AvgIpc) is 2.23. The number of aliphatic carboxylic acids is 1. The molecule has 0 aromatic heterocycles. The maximum Gasteiger partial charge on any atom is 0.329 e. The summed E-state index contributed by atoms with van der Waals surface area (Å²) in [6.45, 7) is 4.45. The summed E-state index contributed by atoms with van der Waals surface area (Å²) in [4.78, 5) is 12.2. The lowest BCUT2D eigenvalue weighted by Crippen LogP contribution is -2.16. The van der Waals surface area contributed by atoms with Crippen molar-refractivity contribution in [2.45, 2.75) is 13.8 Å². The summed E-state index contributed by atoms with van der Waals surface area (Å²) in [5, 5.41) is 18.0. The zero-order chi connectivity index (χ0) is 12.1. The van der Waals surface area contributed by atoms with Gasteiger partial charge in [-0.1, -0.05) is 6.07 Å². The molecule has 0 aliphatic heterocycles. The minimum atomic E-state index is -0.990. The molecule has 4 nitrogen and oxygen atoms in total. The minimum absolute atomic E-state index is 0.169. The number of phenolic OH excluding ortho intramolecular Hbond substituents is 1. The Labute approximate surface area is 94.4 Å². The maximum absolute atomic E-state index is 10.4. The number of rotatable bonds is 4. The number of hydrogen-bond acceptors (Lipinski definition) is 3. The van der Waals surface area contributed by atoms with Crippen molar-refractivity contribution in [1.29, 1.82) is 0 Å². The first-order valence-electron chi connectivity index (χ1n) is 5.02. The van der Waals surface area contributed by atoms with E-state index >= 15 is 0 Å². The number of hydrogen-bond donors (Lipinski definition) is 2. The fraction of sp³-hybridized carbons (Fsp3) is 0.250. The highest BCUT2D eigenvalue weighted by Crippen LogP contribution is 2.24. The molecule has 1 aromatic rings. The first-order chi connectivity index (χ1) is 7.54. The molecule has 0 radical (unpaired) electrons. The van der Waals surface area contributed by atoms with Crippen molar-refractivity contribution in [3.63, 3.8) is 0 Å². The van der Waals surface area contributed by atoms with Crippen molar-refractivity contribution < 1.29 is 15.0 Å². The van der Waals surface area contributed by atoms with Gasteiger partial charge in [0.15, 0.2) is 0 Å². The molecule has 0 aliphatic rings. The van der Waals surface area contributed by atoms with Crippen LogP contribution in [0.5, 0.6) is 5.75 Å². The Morgan fingerprint density at radius 3 is 2.75 bits per heavy atom. The van der Waals surface area contributed by atoms with E-state index in [4.69, 9.17) is 5.11 Å². The number of benzene rings is 1. The smallest absolute Gasteiger partial charge is 0.329 e. The highest BCUT2D eigenvalue weighted by molar-refractivity contribution is 5.80. The topological polar surface area (TPSA) is 60.8 Å². The molecule has 4 heteroatoms. The van der Waals surface area contributed by atoms with Crippen molar-refractivity contribution in [2.75, 3.05) is 11.4 Å². The second-order valence-electron chi connectivity index (χ2n) is 3.41. The summed E-state index contributed by atoms with van der Waals surface area (Å²) < 4.78 is 0. The lowest BCUT2D eigenvalue weighted by atomic mass is 10.1. The third-order valence-electron chi connectivity index (χ3n) is 2.24. The van der Waals surface area contributed by atoms with E-state index in [9.17, 15) is 9.90 Å². The van der Waals surface area contributed by atoms with Crippen molar-refractivity contribution in [2.24, 2.45) is 0 Å². The average molecular weight is 221 g/mol. The molecule has 0 unspecified atom stereocenters. The maximum atomic E-state index is 10.4. The second kappa shape index (κ2) is 5.21. The molecule has 0 aliphatic carbocycles. The SMILES string of the molecule is CCN(/C=C/C(=O)O)c1cc(O)ccc1C. The van der Waals surface area contributed by atoms with Gasteiger partial charge in [-0.2, -0.15) is 0 Å². The quantitative estimate of drug-likeness (QED) is 0.764. The summed E-state index contributed by atoms with van der Waals surface area (Å²) >= 11 is 0. The van der Waals surface area contributed by atoms with Crippen LogP contribution >= 0.6 is 0 Å². The molecule has 0 saturated heterocycles. The summed E-state index contributed by atoms with van der Waals surface area (Å²) in [7, 11) is 0.